The van der Waals surface area contributed by atoms with E-state index in [-0.39, 0.29) is 11.0 Å². The Morgan fingerprint density at radius 2 is 1.85 bits per heavy atom. The second kappa shape index (κ2) is 5.89. The molecule has 2 rings (SSSR count). The molecule has 0 radical (unpaired) electrons. The third kappa shape index (κ3) is 4.34. The van der Waals surface area contributed by atoms with E-state index in [0.717, 1.165) is 25.7 Å². The van der Waals surface area contributed by atoms with Crippen molar-refractivity contribution < 1.29 is 4.74 Å². The summed E-state index contributed by atoms with van der Waals surface area (Å²) in [5.41, 5.74) is 3.29. The Labute approximate surface area is 124 Å². The zero-order valence-corrected chi connectivity index (χ0v) is 13.8. The fourth-order valence-electron chi connectivity index (χ4n) is 2.95. The molecule has 0 bridgehead atoms. The van der Waals surface area contributed by atoms with Crippen molar-refractivity contribution in [3.05, 3.63) is 35.5 Å². The number of hydrogen-bond donors (Lipinski definition) is 0. The Balaban J connectivity index is 2.11. The Morgan fingerprint density at radius 1 is 1.10 bits per heavy atom. The molecule has 1 fully saturated rings. The lowest BCUT2D eigenvalue weighted by atomic mass is 9.83. The van der Waals surface area contributed by atoms with Crippen LogP contribution in [0.4, 0.5) is 0 Å². The van der Waals surface area contributed by atoms with Crippen molar-refractivity contribution in [1.82, 2.24) is 0 Å². The molecule has 0 aromatic heterocycles. The van der Waals surface area contributed by atoms with Crippen molar-refractivity contribution in [2.24, 2.45) is 5.41 Å². The predicted molar refractivity (Wildman–Crippen MR) is 86.8 cm³/mol. The van der Waals surface area contributed by atoms with E-state index in [1.54, 1.807) is 0 Å². The lowest BCUT2D eigenvalue weighted by Crippen LogP contribution is -2.17. The topological polar surface area (TPSA) is 12.5 Å². The summed E-state index contributed by atoms with van der Waals surface area (Å²) in [6.07, 6.45) is 15.5. The molecule has 2 atom stereocenters. The van der Waals surface area contributed by atoms with Gasteiger partial charge in [0.2, 0.25) is 0 Å². The van der Waals surface area contributed by atoms with Gasteiger partial charge in [-0.3, -0.25) is 0 Å². The number of rotatable bonds is 0. The van der Waals surface area contributed by atoms with Gasteiger partial charge in [0.15, 0.2) is 0 Å². The first-order valence-corrected chi connectivity index (χ1v) is 7.98. The van der Waals surface area contributed by atoms with Gasteiger partial charge >= 0.3 is 0 Å². The van der Waals surface area contributed by atoms with Crippen LogP contribution in [0.25, 0.3) is 0 Å². The molecule has 0 aromatic carbocycles. The van der Waals surface area contributed by atoms with E-state index >= 15 is 0 Å². The highest BCUT2D eigenvalue weighted by atomic mass is 16.6. The predicted octanol–water partition coefficient (Wildman–Crippen LogP) is 5.58. The zero-order chi connectivity index (χ0) is 14.8. The Hall–Kier alpha value is -0.820. The van der Waals surface area contributed by atoms with Crippen molar-refractivity contribution >= 4 is 0 Å². The summed E-state index contributed by atoms with van der Waals surface area (Å²) < 4.78 is 5.99. The molecule has 0 spiro atoms. The molecule has 0 aromatic rings. The number of allylic oxidation sites excluding steroid dienone is 5. The molecule has 1 aliphatic heterocycles. The summed E-state index contributed by atoms with van der Waals surface area (Å²) in [6.45, 7) is 11.4. The SMILES string of the molecule is C/C1=C\CC/C(C)=C/C[C@]2(C)O[C@H]2CC(C)(C)/C=C/C1. The minimum atomic E-state index is 0.0856. The van der Waals surface area contributed by atoms with E-state index in [1.807, 2.05) is 0 Å². The Kier molecular flexibility index (Phi) is 4.59. The van der Waals surface area contributed by atoms with E-state index in [4.69, 9.17) is 4.74 Å². The summed E-state index contributed by atoms with van der Waals surface area (Å²) in [5.74, 6) is 0. The fourth-order valence-corrected chi connectivity index (χ4v) is 2.95. The third-order valence-electron chi connectivity index (χ3n) is 4.64. The van der Waals surface area contributed by atoms with Gasteiger partial charge in [-0.15, -0.1) is 0 Å². The first-order chi connectivity index (χ1) is 9.31. The van der Waals surface area contributed by atoms with Crippen molar-refractivity contribution in [3.8, 4) is 0 Å². The van der Waals surface area contributed by atoms with Crippen LogP contribution in [-0.2, 0) is 4.74 Å². The van der Waals surface area contributed by atoms with Crippen LogP contribution < -0.4 is 0 Å². The van der Waals surface area contributed by atoms with Gasteiger partial charge in [-0.05, 0) is 58.3 Å². The largest absolute Gasteiger partial charge is 0.366 e. The molecule has 20 heavy (non-hydrogen) atoms. The molecular weight excluding hydrogens is 244 g/mol. The molecular formula is C19H30O. The number of fused-ring (bicyclic) bond motifs is 1. The van der Waals surface area contributed by atoms with E-state index < -0.39 is 0 Å². The highest BCUT2D eigenvalue weighted by molar-refractivity contribution is 5.14. The second-order valence-electron chi connectivity index (χ2n) is 7.56. The van der Waals surface area contributed by atoms with Crippen molar-refractivity contribution in [1.29, 1.82) is 0 Å². The van der Waals surface area contributed by atoms with Gasteiger partial charge < -0.3 is 4.74 Å². The third-order valence-corrected chi connectivity index (χ3v) is 4.64. The number of hydrogen-bond acceptors (Lipinski definition) is 1. The molecule has 1 saturated heterocycles. The maximum atomic E-state index is 5.99. The van der Waals surface area contributed by atoms with Crippen LogP contribution in [0.2, 0.25) is 0 Å². The van der Waals surface area contributed by atoms with Crippen LogP contribution in [0.1, 0.15) is 66.7 Å². The van der Waals surface area contributed by atoms with Gasteiger partial charge in [0.25, 0.3) is 0 Å². The lowest BCUT2D eigenvalue weighted by Gasteiger charge is -2.20. The zero-order valence-electron chi connectivity index (χ0n) is 13.8. The lowest BCUT2D eigenvalue weighted by molar-refractivity contribution is 0.287. The second-order valence-corrected chi connectivity index (χ2v) is 7.56. The molecule has 112 valence electrons. The van der Waals surface area contributed by atoms with Crippen molar-refractivity contribution in [2.45, 2.75) is 78.4 Å². The van der Waals surface area contributed by atoms with Crippen LogP contribution >= 0.6 is 0 Å². The average molecular weight is 274 g/mol. The Morgan fingerprint density at radius 3 is 2.60 bits per heavy atom. The summed E-state index contributed by atoms with van der Waals surface area (Å²) >= 11 is 0. The number of ether oxygens (including phenoxy) is 1. The summed E-state index contributed by atoms with van der Waals surface area (Å²) in [4.78, 5) is 0. The fraction of sp³-hybridized carbons (Fsp3) is 0.684. The smallest absolute Gasteiger partial charge is 0.0955 e. The summed E-state index contributed by atoms with van der Waals surface area (Å²) in [6, 6.07) is 0. The maximum absolute atomic E-state index is 5.99. The Bertz CT molecular complexity index is 439. The van der Waals surface area contributed by atoms with E-state index in [2.05, 4.69) is 58.9 Å². The summed E-state index contributed by atoms with van der Waals surface area (Å²) in [7, 11) is 0. The van der Waals surface area contributed by atoms with Gasteiger partial charge in [0, 0.05) is 0 Å². The maximum Gasteiger partial charge on any atom is 0.0955 e. The molecule has 1 nitrogen and oxygen atoms in total. The molecule has 1 heteroatoms. The van der Waals surface area contributed by atoms with Crippen LogP contribution in [-0.4, -0.2) is 11.7 Å². The highest BCUT2D eigenvalue weighted by Gasteiger charge is 2.52. The van der Waals surface area contributed by atoms with Gasteiger partial charge in [-0.2, -0.15) is 0 Å². The van der Waals surface area contributed by atoms with Gasteiger partial charge in [0.1, 0.15) is 0 Å². The normalized spacial score (nSPS) is 41.4. The van der Waals surface area contributed by atoms with Gasteiger partial charge in [-0.25, -0.2) is 0 Å². The molecule has 0 amide bonds. The number of epoxide rings is 1. The standard InChI is InChI=1S/C19H30O/c1-15-8-6-9-16(2)11-13-19(5)17(20-19)14-18(3,4)12-7-10-15/h7-8,11-12,17H,6,9-10,13-14H2,1-5H3/b12-7+,15-8+,16-11+/t17-,19-/m0/s1. The molecule has 1 heterocycles. The van der Waals surface area contributed by atoms with E-state index in [9.17, 15) is 0 Å². The summed E-state index contributed by atoms with van der Waals surface area (Å²) in [5, 5.41) is 0. The molecule has 0 saturated carbocycles. The van der Waals surface area contributed by atoms with Crippen LogP contribution in [0.3, 0.4) is 0 Å². The average Bonchev–Trinajstić information content (AvgIpc) is 2.95. The monoisotopic (exact) mass is 274 g/mol. The molecule has 0 N–H and O–H groups in total. The first-order valence-electron chi connectivity index (χ1n) is 7.98. The van der Waals surface area contributed by atoms with Crippen LogP contribution in [0, 0.1) is 5.41 Å². The van der Waals surface area contributed by atoms with E-state index in [1.165, 1.54) is 17.6 Å². The van der Waals surface area contributed by atoms with E-state index in [0.29, 0.717) is 6.10 Å². The minimum Gasteiger partial charge on any atom is -0.366 e. The quantitative estimate of drug-likeness (QED) is 0.415. The molecule has 0 unspecified atom stereocenters. The highest BCUT2D eigenvalue weighted by Crippen LogP contribution is 2.46. The van der Waals surface area contributed by atoms with Gasteiger partial charge in [0.05, 0.1) is 11.7 Å². The molecule has 1 aliphatic carbocycles. The minimum absolute atomic E-state index is 0.0856. The van der Waals surface area contributed by atoms with Crippen molar-refractivity contribution in [2.75, 3.05) is 0 Å². The van der Waals surface area contributed by atoms with Crippen LogP contribution in [0.15, 0.2) is 35.5 Å². The first kappa shape index (κ1) is 15.6. The molecule has 2 aliphatic rings. The van der Waals surface area contributed by atoms with Crippen LogP contribution in [0.5, 0.6) is 0 Å². The van der Waals surface area contributed by atoms with Gasteiger partial charge in [-0.1, -0.05) is 49.3 Å². The van der Waals surface area contributed by atoms with Crippen molar-refractivity contribution in [3.63, 3.8) is 0 Å².